The molecule has 0 spiro atoms. The summed E-state index contributed by atoms with van der Waals surface area (Å²) in [6.45, 7) is 8.48. The van der Waals surface area contributed by atoms with Gasteiger partial charge < -0.3 is 10.9 Å². The molecule has 0 rings (SSSR count). The van der Waals surface area contributed by atoms with Crippen LogP contribution < -0.4 is 5.73 Å². The highest BCUT2D eigenvalue weighted by Gasteiger charge is 2.19. The third-order valence-corrected chi connectivity index (χ3v) is 2.66. The zero-order valence-electron chi connectivity index (χ0n) is 9.86. The first-order chi connectivity index (χ1) is 6.40. The van der Waals surface area contributed by atoms with E-state index < -0.39 is 0 Å². The number of nitrogens with zero attached hydrogens (tertiary/aromatic N) is 2. The molecule has 0 amide bonds. The van der Waals surface area contributed by atoms with Crippen LogP contribution in [0.5, 0.6) is 0 Å². The van der Waals surface area contributed by atoms with Gasteiger partial charge in [0.25, 0.3) is 0 Å². The van der Waals surface area contributed by atoms with Gasteiger partial charge in [-0.15, -0.1) is 0 Å². The molecule has 0 radical (unpaired) electrons. The van der Waals surface area contributed by atoms with Crippen LogP contribution >= 0.6 is 0 Å². The highest BCUT2D eigenvalue weighted by Crippen LogP contribution is 2.12. The van der Waals surface area contributed by atoms with E-state index >= 15 is 0 Å². The summed E-state index contributed by atoms with van der Waals surface area (Å²) in [4.78, 5) is 2.12. The lowest BCUT2D eigenvalue weighted by atomic mass is 10.0. The van der Waals surface area contributed by atoms with E-state index in [2.05, 4.69) is 30.8 Å². The molecule has 4 heteroatoms. The van der Waals surface area contributed by atoms with Gasteiger partial charge in [-0.1, -0.05) is 19.0 Å². The molecule has 0 aromatic carbocycles. The number of nitrogens with two attached hydrogens (primary N) is 1. The summed E-state index contributed by atoms with van der Waals surface area (Å²) in [5.41, 5.74) is 5.54. The molecule has 84 valence electrons. The van der Waals surface area contributed by atoms with Crippen molar-refractivity contribution in [2.45, 2.75) is 46.2 Å². The van der Waals surface area contributed by atoms with Crippen LogP contribution in [0.15, 0.2) is 5.16 Å². The maximum atomic E-state index is 8.55. The Morgan fingerprint density at radius 1 is 1.36 bits per heavy atom. The zero-order valence-corrected chi connectivity index (χ0v) is 9.86. The number of hydrogen-bond donors (Lipinski definition) is 2. The van der Waals surface area contributed by atoms with Gasteiger partial charge in [-0.2, -0.15) is 0 Å². The van der Waals surface area contributed by atoms with Crippen LogP contribution in [0.3, 0.4) is 0 Å². The average Bonchev–Trinajstić information content (AvgIpc) is 2.13. The van der Waals surface area contributed by atoms with Crippen molar-refractivity contribution in [2.24, 2.45) is 16.8 Å². The van der Waals surface area contributed by atoms with Gasteiger partial charge in [0, 0.05) is 6.04 Å². The van der Waals surface area contributed by atoms with E-state index in [-0.39, 0.29) is 11.9 Å². The predicted octanol–water partition coefficient (Wildman–Crippen LogP) is 1.49. The lowest BCUT2D eigenvalue weighted by Crippen LogP contribution is -2.45. The molecule has 2 atom stereocenters. The number of hydrogen-bond acceptors (Lipinski definition) is 3. The van der Waals surface area contributed by atoms with Gasteiger partial charge >= 0.3 is 0 Å². The van der Waals surface area contributed by atoms with Crippen molar-refractivity contribution in [1.29, 1.82) is 0 Å². The van der Waals surface area contributed by atoms with Gasteiger partial charge in [0.05, 0.1) is 6.04 Å². The average molecular weight is 201 g/mol. The Balaban J connectivity index is 4.23. The van der Waals surface area contributed by atoms with Crippen LogP contribution in [0.2, 0.25) is 0 Å². The summed E-state index contributed by atoms with van der Waals surface area (Å²) in [5, 5.41) is 11.6. The molecule has 14 heavy (non-hydrogen) atoms. The summed E-state index contributed by atoms with van der Waals surface area (Å²) in [6, 6.07) is 0.416. The molecule has 0 saturated heterocycles. The maximum absolute atomic E-state index is 8.55. The second-order valence-corrected chi connectivity index (χ2v) is 4.34. The molecule has 0 bridgehead atoms. The standard InChI is InChI=1S/C10H23N3O/c1-7(2)6-8(3)13(5)9(4)10(11)12-14/h7-9,14H,6H2,1-5H3,(H2,11,12). The van der Waals surface area contributed by atoms with Gasteiger partial charge in [0.1, 0.15) is 0 Å². The number of likely N-dealkylation sites (N-methyl/N-ethyl adjacent to an activating group) is 1. The van der Waals surface area contributed by atoms with Gasteiger partial charge in [-0.25, -0.2) is 0 Å². The summed E-state index contributed by atoms with van der Waals surface area (Å²) in [7, 11) is 2.00. The lowest BCUT2D eigenvalue weighted by molar-refractivity contribution is 0.205. The van der Waals surface area contributed by atoms with Crippen molar-refractivity contribution in [1.82, 2.24) is 4.90 Å². The largest absolute Gasteiger partial charge is 0.409 e. The summed E-state index contributed by atoms with van der Waals surface area (Å²) < 4.78 is 0. The molecule has 0 aliphatic carbocycles. The van der Waals surface area contributed by atoms with Crippen molar-refractivity contribution in [2.75, 3.05) is 7.05 Å². The van der Waals surface area contributed by atoms with Crippen LogP contribution in [0.1, 0.15) is 34.1 Å². The van der Waals surface area contributed by atoms with Crippen LogP contribution in [0.4, 0.5) is 0 Å². The smallest absolute Gasteiger partial charge is 0.156 e. The number of amidine groups is 1. The summed E-state index contributed by atoms with van der Waals surface area (Å²) >= 11 is 0. The minimum atomic E-state index is -0.0197. The highest BCUT2D eigenvalue weighted by molar-refractivity contribution is 5.84. The Morgan fingerprint density at radius 3 is 2.21 bits per heavy atom. The Bertz CT molecular complexity index is 192. The van der Waals surface area contributed by atoms with E-state index in [1.54, 1.807) is 0 Å². The SMILES string of the molecule is CC(C)CC(C)N(C)C(C)C(N)=NO. The fourth-order valence-electron chi connectivity index (χ4n) is 1.52. The first-order valence-corrected chi connectivity index (χ1v) is 5.09. The molecule has 0 aliphatic heterocycles. The van der Waals surface area contributed by atoms with Crippen LogP contribution in [0.25, 0.3) is 0 Å². The highest BCUT2D eigenvalue weighted by atomic mass is 16.4. The van der Waals surface area contributed by atoms with Crippen molar-refractivity contribution in [3.05, 3.63) is 0 Å². The topological polar surface area (TPSA) is 61.8 Å². The van der Waals surface area contributed by atoms with Crippen LogP contribution in [-0.2, 0) is 0 Å². The molecule has 0 heterocycles. The van der Waals surface area contributed by atoms with Crippen molar-refractivity contribution in [3.8, 4) is 0 Å². The Morgan fingerprint density at radius 2 is 1.86 bits per heavy atom. The minimum absolute atomic E-state index is 0.0197. The molecular formula is C10H23N3O. The van der Waals surface area contributed by atoms with Crippen LogP contribution in [-0.4, -0.2) is 35.1 Å². The van der Waals surface area contributed by atoms with Gasteiger partial charge in [0.15, 0.2) is 5.84 Å². The third kappa shape index (κ3) is 3.96. The predicted molar refractivity (Wildman–Crippen MR) is 59.6 cm³/mol. The van der Waals surface area contributed by atoms with Crippen molar-refractivity contribution >= 4 is 5.84 Å². The molecule has 2 unspecified atom stereocenters. The second-order valence-electron chi connectivity index (χ2n) is 4.34. The molecule has 4 nitrogen and oxygen atoms in total. The minimum Gasteiger partial charge on any atom is -0.409 e. The van der Waals surface area contributed by atoms with Crippen molar-refractivity contribution in [3.63, 3.8) is 0 Å². The molecule has 0 aromatic rings. The van der Waals surface area contributed by atoms with E-state index in [4.69, 9.17) is 10.9 Å². The first kappa shape index (κ1) is 13.2. The molecule has 0 fully saturated rings. The van der Waals surface area contributed by atoms with E-state index in [1.807, 2.05) is 14.0 Å². The molecular weight excluding hydrogens is 178 g/mol. The van der Waals surface area contributed by atoms with Crippen LogP contribution in [0, 0.1) is 5.92 Å². The maximum Gasteiger partial charge on any atom is 0.156 e. The van der Waals surface area contributed by atoms with E-state index in [0.29, 0.717) is 12.0 Å². The van der Waals surface area contributed by atoms with E-state index in [9.17, 15) is 0 Å². The second kappa shape index (κ2) is 5.86. The lowest BCUT2D eigenvalue weighted by Gasteiger charge is -2.30. The zero-order chi connectivity index (χ0) is 11.3. The first-order valence-electron chi connectivity index (χ1n) is 5.09. The normalized spacial score (nSPS) is 17.5. The summed E-state index contributed by atoms with van der Waals surface area (Å²) in [6.07, 6.45) is 1.11. The van der Waals surface area contributed by atoms with E-state index in [0.717, 1.165) is 6.42 Å². The number of rotatable bonds is 5. The monoisotopic (exact) mass is 201 g/mol. The third-order valence-electron chi connectivity index (χ3n) is 2.66. The van der Waals surface area contributed by atoms with Gasteiger partial charge in [-0.3, -0.25) is 4.90 Å². The molecule has 0 aliphatic rings. The number of oxime groups is 1. The fourth-order valence-corrected chi connectivity index (χ4v) is 1.52. The van der Waals surface area contributed by atoms with Gasteiger partial charge in [-0.05, 0) is 33.2 Å². The Hall–Kier alpha value is -0.770. The van der Waals surface area contributed by atoms with Gasteiger partial charge in [0.2, 0.25) is 0 Å². The fraction of sp³-hybridized carbons (Fsp3) is 0.900. The van der Waals surface area contributed by atoms with Crippen molar-refractivity contribution < 1.29 is 5.21 Å². The van der Waals surface area contributed by atoms with E-state index in [1.165, 1.54) is 0 Å². The Labute approximate surface area is 86.8 Å². The molecule has 0 saturated carbocycles. The molecule has 0 aromatic heterocycles. The molecule has 3 N–H and O–H groups in total. The summed E-state index contributed by atoms with van der Waals surface area (Å²) in [5.74, 6) is 0.926. The quantitative estimate of drug-likeness (QED) is 0.306. The Kier molecular flexibility index (Phi) is 5.53.